The van der Waals surface area contributed by atoms with Gasteiger partial charge in [-0.2, -0.15) is 0 Å². The zero-order chi connectivity index (χ0) is 36.7. The Morgan fingerprint density at radius 1 is 0.339 bits per heavy atom. The highest BCUT2D eigenvalue weighted by Gasteiger charge is 2.43. The van der Waals surface area contributed by atoms with Crippen LogP contribution in [0.2, 0.25) is 0 Å². The minimum Gasteiger partial charge on any atom is -0.309 e. The highest BCUT2D eigenvalue weighted by atomic mass is 15.0. The van der Waals surface area contributed by atoms with Gasteiger partial charge in [0.05, 0.1) is 27.8 Å². The summed E-state index contributed by atoms with van der Waals surface area (Å²) >= 11 is 0. The minimum absolute atomic E-state index is 0.330. The summed E-state index contributed by atoms with van der Waals surface area (Å²) in [6.07, 6.45) is 0. The largest absolute Gasteiger partial charge is 0.309 e. The van der Waals surface area contributed by atoms with Gasteiger partial charge in [-0.05, 0) is 111 Å². The summed E-state index contributed by atoms with van der Waals surface area (Å²) in [4.78, 5) is 0. The summed E-state index contributed by atoms with van der Waals surface area (Å²) < 4.78 is 4.97. The lowest BCUT2D eigenvalue weighted by Gasteiger charge is -2.30. The van der Waals surface area contributed by atoms with Gasteiger partial charge in [-0.3, -0.25) is 0 Å². The molecule has 0 N–H and O–H groups in total. The van der Waals surface area contributed by atoms with Crippen LogP contribution >= 0.6 is 0 Å². The second-order valence-corrected chi connectivity index (χ2v) is 15.8. The Morgan fingerprint density at radius 2 is 1.00 bits per heavy atom. The molecule has 14 rings (SSSR count). The molecular formula is C54H34N2. The second kappa shape index (κ2) is 10.7. The number of rotatable bonds is 2. The summed E-state index contributed by atoms with van der Waals surface area (Å²) in [6.45, 7) is 2.45. The predicted octanol–water partition coefficient (Wildman–Crippen LogP) is 14.0. The number of aromatic nitrogens is 2. The van der Waals surface area contributed by atoms with E-state index in [1.807, 2.05) is 0 Å². The zero-order valence-electron chi connectivity index (χ0n) is 30.8. The molecule has 0 fully saturated rings. The summed E-state index contributed by atoms with van der Waals surface area (Å²) in [7, 11) is 0. The predicted molar refractivity (Wildman–Crippen MR) is 234 cm³/mol. The van der Waals surface area contributed by atoms with Crippen molar-refractivity contribution in [2.45, 2.75) is 12.3 Å². The van der Waals surface area contributed by atoms with Crippen molar-refractivity contribution < 1.29 is 0 Å². The Balaban J connectivity index is 1.19. The van der Waals surface area contributed by atoms with E-state index in [4.69, 9.17) is 0 Å². The molecule has 2 nitrogen and oxygen atoms in total. The van der Waals surface area contributed by atoms with Crippen molar-refractivity contribution in [2.75, 3.05) is 0 Å². The fraction of sp³-hybridized carbons (Fsp3) is 0.0370. The molecule has 0 saturated heterocycles. The Labute approximate surface area is 324 Å². The third kappa shape index (κ3) is 3.71. The van der Waals surface area contributed by atoms with Crippen molar-refractivity contribution in [3.05, 3.63) is 205 Å². The second-order valence-electron chi connectivity index (χ2n) is 15.8. The van der Waals surface area contributed by atoms with Crippen molar-refractivity contribution in [3.8, 4) is 44.8 Å². The first-order valence-corrected chi connectivity index (χ1v) is 19.6. The molecule has 4 heterocycles. The van der Waals surface area contributed by atoms with Gasteiger partial charge in [0.25, 0.3) is 0 Å². The van der Waals surface area contributed by atoms with E-state index in [2.05, 4.69) is 204 Å². The number of nitrogens with zero attached hydrogens (tertiary/aromatic N) is 2. The van der Waals surface area contributed by atoms with Crippen LogP contribution in [-0.2, 0) is 5.41 Å². The number of para-hydroxylation sites is 3. The van der Waals surface area contributed by atoms with E-state index in [0.29, 0.717) is 0 Å². The first kappa shape index (κ1) is 30.2. The topological polar surface area (TPSA) is 9.86 Å². The molecular weight excluding hydrogens is 677 g/mol. The molecule has 0 amide bonds. The molecule has 260 valence electrons. The standard InChI is InChI=1S/C54H34N2/c1-54-45-22-10-7-18-39(45)43-31-44-40-19-8-11-23-48(40)56(52(44)32-47(43)54)51-30-33(26-27-41(51)37-28-29-46(54)38-17-6-5-16-36(37)38)35-21-13-25-50-53(35)42-20-9-12-24-49(42)55(50)34-14-3-2-4-15-34/h2-32H,1H3. The van der Waals surface area contributed by atoms with Gasteiger partial charge < -0.3 is 9.13 Å². The van der Waals surface area contributed by atoms with Gasteiger partial charge in [-0.25, -0.2) is 0 Å². The Kier molecular flexibility index (Phi) is 5.79. The molecule has 2 heteroatoms. The smallest absolute Gasteiger partial charge is 0.0547 e. The van der Waals surface area contributed by atoms with Crippen LogP contribution in [0.1, 0.15) is 23.6 Å². The average molecular weight is 711 g/mol. The molecule has 2 aliphatic heterocycles. The summed E-state index contributed by atoms with van der Waals surface area (Å²) in [5.74, 6) is 0. The van der Waals surface area contributed by atoms with E-state index >= 15 is 0 Å². The average Bonchev–Trinajstić information content (AvgIpc) is 3.86. The van der Waals surface area contributed by atoms with E-state index in [0.717, 1.165) is 0 Å². The lowest BCUT2D eigenvalue weighted by molar-refractivity contribution is 0.722. The van der Waals surface area contributed by atoms with Gasteiger partial charge in [-0.1, -0.05) is 140 Å². The third-order valence-corrected chi connectivity index (χ3v) is 13.1. The molecule has 1 aliphatic carbocycles. The molecule has 56 heavy (non-hydrogen) atoms. The van der Waals surface area contributed by atoms with Crippen LogP contribution in [0, 0.1) is 0 Å². The van der Waals surface area contributed by atoms with Crippen LogP contribution in [0.3, 0.4) is 0 Å². The number of hydrogen-bond acceptors (Lipinski definition) is 0. The fourth-order valence-electron chi connectivity index (χ4n) is 10.7. The SMILES string of the molecule is CC12c3ccccc3-c3cc4c5ccccc5n(c4cc31)-c1cc(-c3cccc4c3c3ccccc3n4-c3ccccc3)ccc1-c1ccc2c2ccccc12. The van der Waals surface area contributed by atoms with E-state index in [1.54, 1.807) is 0 Å². The number of hydrogen-bond donors (Lipinski definition) is 0. The van der Waals surface area contributed by atoms with Crippen molar-refractivity contribution in [1.82, 2.24) is 9.13 Å². The van der Waals surface area contributed by atoms with Gasteiger partial charge >= 0.3 is 0 Å². The lowest BCUT2D eigenvalue weighted by Crippen LogP contribution is -2.23. The van der Waals surface area contributed by atoms with Crippen LogP contribution in [-0.4, -0.2) is 9.13 Å². The van der Waals surface area contributed by atoms with Crippen molar-refractivity contribution in [3.63, 3.8) is 0 Å². The van der Waals surface area contributed by atoms with E-state index in [9.17, 15) is 0 Å². The molecule has 3 aliphatic rings. The maximum Gasteiger partial charge on any atom is 0.0547 e. The first-order valence-electron chi connectivity index (χ1n) is 19.6. The van der Waals surface area contributed by atoms with Crippen LogP contribution in [0.4, 0.5) is 0 Å². The molecule has 11 aromatic rings. The van der Waals surface area contributed by atoms with Gasteiger partial charge in [0.2, 0.25) is 0 Å². The Bertz CT molecular complexity index is 3490. The monoisotopic (exact) mass is 710 g/mol. The van der Waals surface area contributed by atoms with E-state index in [1.165, 1.54) is 116 Å². The van der Waals surface area contributed by atoms with Crippen molar-refractivity contribution >= 4 is 54.4 Å². The van der Waals surface area contributed by atoms with Crippen LogP contribution in [0.25, 0.3) is 99.1 Å². The van der Waals surface area contributed by atoms with Gasteiger partial charge in [0.1, 0.15) is 0 Å². The minimum atomic E-state index is -0.330. The molecule has 1 unspecified atom stereocenters. The maximum absolute atomic E-state index is 2.56. The zero-order valence-corrected chi connectivity index (χ0v) is 30.8. The maximum atomic E-state index is 2.56. The summed E-state index contributed by atoms with van der Waals surface area (Å²) in [5.41, 5.74) is 18.6. The highest BCUT2D eigenvalue weighted by molar-refractivity contribution is 6.17. The first-order chi connectivity index (χ1) is 27.7. The molecule has 0 radical (unpaired) electrons. The van der Waals surface area contributed by atoms with Gasteiger partial charge in [0.15, 0.2) is 0 Å². The lowest BCUT2D eigenvalue weighted by atomic mass is 9.72. The van der Waals surface area contributed by atoms with Crippen molar-refractivity contribution in [2.24, 2.45) is 0 Å². The molecule has 0 spiro atoms. The van der Waals surface area contributed by atoms with Crippen LogP contribution < -0.4 is 0 Å². The van der Waals surface area contributed by atoms with E-state index in [-0.39, 0.29) is 5.41 Å². The molecule has 9 aromatic carbocycles. The normalized spacial score (nSPS) is 15.3. The quantitative estimate of drug-likeness (QED) is 0.169. The summed E-state index contributed by atoms with van der Waals surface area (Å²) in [5, 5.41) is 7.67. The van der Waals surface area contributed by atoms with Crippen molar-refractivity contribution in [1.29, 1.82) is 0 Å². The van der Waals surface area contributed by atoms with Crippen LogP contribution in [0.5, 0.6) is 0 Å². The highest BCUT2D eigenvalue weighted by Crippen LogP contribution is 2.56. The Hall–Kier alpha value is -7.16. The number of benzene rings is 9. The fourth-order valence-corrected chi connectivity index (χ4v) is 10.7. The van der Waals surface area contributed by atoms with Gasteiger partial charge in [0, 0.05) is 38.2 Å². The molecule has 1 atom stereocenters. The molecule has 0 saturated carbocycles. The molecule has 4 bridgehead atoms. The number of fused-ring (bicyclic) bond motifs is 8. The summed E-state index contributed by atoms with van der Waals surface area (Å²) in [6, 6.07) is 70.6. The van der Waals surface area contributed by atoms with E-state index < -0.39 is 0 Å². The van der Waals surface area contributed by atoms with Crippen LogP contribution in [0.15, 0.2) is 188 Å². The Morgan fingerprint density at radius 3 is 1.86 bits per heavy atom. The molecule has 2 aromatic heterocycles. The van der Waals surface area contributed by atoms with Gasteiger partial charge in [-0.15, -0.1) is 0 Å². The third-order valence-electron chi connectivity index (χ3n) is 13.1.